The van der Waals surface area contributed by atoms with Gasteiger partial charge in [-0.15, -0.1) is 0 Å². The van der Waals surface area contributed by atoms with Crippen LogP contribution in [0.4, 0.5) is 0 Å². The number of carboxylic acid groups (broad SMARTS) is 1. The highest BCUT2D eigenvalue weighted by atomic mass is 32.2. The lowest BCUT2D eigenvalue weighted by molar-refractivity contribution is -0.151. The zero-order chi connectivity index (χ0) is 12.6. The minimum atomic E-state index is -0.671. The Hall–Kier alpha value is -0.260. The Bertz CT molecular complexity index is 337. The lowest BCUT2D eigenvalue weighted by Crippen LogP contribution is -2.62. The zero-order valence-electron chi connectivity index (χ0n) is 10.6. The van der Waals surface area contributed by atoms with Crippen molar-refractivity contribution in [2.24, 2.45) is 0 Å². The van der Waals surface area contributed by atoms with Gasteiger partial charge in [0.05, 0.1) is 5.60 Å². The van der Waals surface area contributed by atoms with Crippen molar-refractivity contribution in [1.29, 1.82) is 0 Å². The van der Waals surface area contributed by atoms with Gasteiger partial charge in [-0.2, -0.15) is 11.8 Å². The third-order valence-electron chi connectivity index (χ3n) is 4.66. The summed E-state index contributed by atoms with van der Waals surface area (Å²) in [5.74, 6) is 1.58. The monoisotopic (exact) mass is 271 g/mol. The quantitative estimate of drug-likeness (QED) is 0.817. The number of hydrogen-bond donors (Lipinski definition) is 2. The largest absolute Gasteiger partial charge is 0.480 e. The molecule has 4 nitrogen and oxygen atoms in total. The number of nitrogens with one attached hydrogen (secondary N) is 1. The van der Waals surface area contributed by atoms with Crippen LogP contribution in [0.15, 0.2) is 0 Å². The summed E-state index contributed by atoms with van der Waals surface area (Å²) >= 11 is 1.96. The maximum atomic E-state index is 11.4. The molecule has 3 aliphatic rings. The van der Waals surface area contributed by atoms with Gasteiger partial charge < -0.3 is 9.84 Å². The summed E-state index contributed by atoms with van der Waals surface area (Å²) in [7, 11) is 0. The van der Waals surface area contributed by atoms with Gasteiger partial charge in [-0.05, 0) is 44.3 Å². The second-order valence-corrected chi connectivity index (χ2v) is 7.01. The van der Waals surface area contributed by atoms with Crippen LogP contribution in [0.5, 0.6) is 0 Å². The molecule has 2 aliphatic heterocycles. The van der Waals surface area contributed by atoms with Gasteiger partial charge in [-0.25, -0.2) is 0 Å². The summed E-state index contributed by atoms with van der Waals surface area (Å²) in [6, 6.07) is 0.314. The van der Waals surface area contributed by atoms with Crippen LogP contribution in [0, 0.1) is 0 Å². The Morgan fingerprint density at radius 2 is 2.22 bits per heavy atom. The smallest absolute Gasteiger partial charge is 0.323 e. The summed E-state index contributed by atoms with van der Waals surface area (Å²) in [6.07, 6.45) is 5.64. The van der Waals surface area contributed by atoms with E-state index in [1.54, 1.807) is 0 Å². The van der Waals surface area contributed by atoms with Crippen LogP contribution in [0.3, 0.4) is 0 Å². The van der Waals surface area contributed by atoms with Crippen LogP contribution in [0.2, 0.25) is 0 Å². The van der Waals surface area contributed by atoms with Gasteiger partial charge in [0.2, 0.25) is 0 Å². The second kappa shape index (κ2) is 4.69. The van der Waals surface area contributed by atoms with Gasteiger partial charge >= 0.3 is 5.97 Å². The van der Waals surface area contributed by atoms with Crippen molar-refractivity contribution in [3.8, 4) is 0 Å². The molecule has 18 heavy (non-hydrogen) atoms. The van der Waals surface area contributed by atoms with Crippen molar-refractivity contribution in [2.75, 3.05) is 18.1 Å². The summed E-state index contributed by atoms with van der Waals surface area (Å²) < 4.78 is 5.98. The molecule has 1 aliphatic carbocycles. The molecule has 1 spiro atoms. The van der Waals surface area contributed by atoms with Gasteiger partial charge in [0, 0.05) is 18.4 Å². The van der Waals surface area contributed by atoms with Crippen molar-refractivity contribution in [2.45, 2.75) is 55.7 Å². The highest BCUT2D eigenvalue weighted by Gasteiger charge is 2.48. The standard InChI is InChI=1S/C13H21NO3S/c15-11(16)13(3-1-4-13)14-10-2-6-17-12(8-10)5-7-18-9-12/h10,14H,1-9H2,(H,15,16). The van der Waals surface area contributed by atoms with Crippen molar-refractivity contribution >= 4 is 17.7 Å². The zero-order valence-corrected chi connectivity index (χ0v) is 11.4. The molecule has 1 saturated carbocycles. The lowest BCUT2D eigenvalue weighted by atomic mass is 9.75. The lowest BCUT2D eigenvalue weighted by Gasteiger charge is -2.45. The number of rotatable bonds is 3. The summed E-state index contributed by atoms with van der Waals surface area (Å²) in [5.41, 5.74) is -0.598. The van der Waals surface area contributed by atoms with Gasteiger partial charge in [0.25, 0.3) is 0 Å². The van der Waals surface area contributed by atoms with Crippen LogP contribution in [0.1, 0.15) is 38.5 Å². The Balaban J connectivity index is 1.64. The average Bonchev–Trinajstić information content (AvgIpc) is 2.71. The second-order valence-electron chi connectivity index (χ2n) is 5.91. The van der Waals surface area contributed by atoms with Gasteiger partial charge in [-0.1, -0.05) is 0 Å². The summed E-state index contributed by atoms with van der Waals surface area (Å²) in [4.78, 5) is 11.4. The highest BCUT2D eigenvalue weighted by Crippen LogP contribution is 2.40. The molecule has 3 rings (SSSR count). The van der Waals surface area contributed by atoms with E-state index in [1.165, 1.54) is 5.75 Å². The molecule has 0 aromatic heterocycles. The van der Waals surface area contributed by atoms with Gasteiger partial charge in [-0.3, -0.25) is 10.1 Å². The molecule has 3 fully saturated rings. The molecule has 0 amide bonds. The SMILES string of the molecule is O=C(O)C1(NC2CCOC3(CCSC3)C2)CCC1. The Kier molecular flexibility index (Phi) is 3.32. The van der Waals surface area contributed by atoms with E-state index in [9.17, 15) is 9.90 Å². The van der Waals surface area contributed by atoms with Crippen molar-refractivity contribution in [3.05, 3.63) is 0 Å². The van der Waals surface area contributed by atoms with Crippen LogP contribution < -0.4 is 5.32 Å². The number of carbonyl (C=O) groups is 1. The first kappa shape index (κ1) is 12.8. The Morgan fingerprint density at radius 1 is 1.39 bits per heavy atom. The number of aliphatic carboxylic acids is 1. The van der Waals surface area contributed by atoms with E-state index in [0.717, 1.165) is 50.9 Å². The van der Waals surface area contributed by atoms with E-state index in [1.807, 2.05) is 11.8 Å². The summed E-state index contributed by atoms with van der Waals surface area (Å²) in [6.45, 7) is 0.772. The minimum Gasteiger partial charge on any atom is -0.480 e. The molecule has 102 valence electrons. The molecule has 0 aromatic rings. The van der Waals surface area contributed by atoms with Crippen LogP contribution in [-0.2, 0) is 9.53 Å². The molecule has 2 unspecified atom stereocenters. The first-order chi connectivity index (χ1) is 8.64. The molecular weight excluding hydrogens is 250 g/mol. The van der Waals surface area contributed by atoms with Gasteiger partial charge in [0.15, 0.2) is 0 Å². The Labute approximate surface area is 112 Å². The molecule has 5 heteroatoms. The predicted molar refractivity (Wildman–Crippen MR) is 71.0 cm³/mol. The van der Waals surface area contributed by atoms with Crippen LogP contribution in [0.25, 0.3) is 0 Å². The van der Waals surface area contributed by atoms with Crippen molar-refractivity contribution < 1.29 is 14.6 Å². The van der Waals surface area contributed by atoms with Crippen molar-refractivity contribution in [1.82, 2.24) is 5.32 Å². The maximum absolute atomic E-state index is 11.4. The third-order valence-corrected chi connectivity index (χ3v) is 5.88. The predicted octanol–water partition coefficient (Wildman–Crippen LogP) is 1.64. The van der Waals surface area contributed by atoms with E-state index in [-0.39, 0.29) is 5.60 Å². The van der Waals surface area contributed by atoms with E-state index in [4.69, 9.17) is 4.74 Å². The molecule has 2 saturated heterocycles. The molecular formula is C13H21NO3S. The average molecular weight is 271 g/mol. The maximum Gasteiger partial charge on any atom is 0.323 e. The van der Waals surface area contributed by atoms with E-state index >= 15 is 0 Å². The topological polar surface area (TPSA) is 58.6 Å². The first-order valence-electron chi connectivity index (χ1n) is 6.87. The van der Waals surface area contributed by atoms with E-state index in [0.29, 0.717) is 6.04 Å². The van der Waals surface area contributed by atoms with E-state index < -0.39 is 11.5 Å². The number of ether oxygens (including phenoxy) is 1. The third kappa shape index (κ3) is 2.17. The number of hydrogen-bond acceptors (Lipinski definition) is 4. The molecule has 2 heterocycles. The fraction of sp³-hybridized carbons (Fsp3) is 0.923. The van der Waals surface area contributed by atoms with Crippen LogP contribution in [-0.4, -0.2) is 46.4 Å². The highest BCUT2D eigenvalue weighted by molar-refractivity contribution is 7.99. The fourth-order valence-corrected chi connectivity index (χ4v) is 4.73. The summed E-state index contributed by atoms with van der Waals surface area (Å²) in [5, 5.41) is 12.8. The fourth-order valence-electron chi connectivity index (χ4n) is 3.36. The van der Waals surface area contributed by atoms with Crippen molar-refractivity contribution in [3.63, 3.8) is 0 Å². The normalized spacial score (nSPS) is 38.6. The van der Waals surface area contributed by atoms with Gasteiger partial charge in [0.1, 0.15) is 5.54 Å². The van der Waals surface area contributed by atoms with E-state index in [2.05, 4.69) is 5.32 Å². The molecule has 0 aromatic carbocycles. The first-order valence-corrected chi connectivity index (χ1v) is 8.03. The number of thioether (sulfide) groups is 1. The molecule has 0 radical (unpaired) electrons. The Morgan fingerprint density at radius 3 is 2.78 bits per heavy atom. The number of carboxylic acids is 1. The molecule has 2 N–H and O–H groups in total. The minimum absolute atomic E-state index is 0.0318. The molecule has 0 bridgehead atoms. The molecule has 2 atom stereocenters. The van der Waals surface area contributed by atoms with Crippen LogP contribution >= 0.6 is 11.8 Å².